The van der Waals surface area contributed by atoms with Crippen molar-refractivity contribution in [1.82, 2.24) is 15.3 Å². The largest absolute Gasteiger partial charge is 0.381 e. The summed E-state index contributed by atoms with van der Waals surface area (Å²) in [5.74, 6) is 1.08. The van der Waals surface area contributed by atoms with Crippen molar-refractivity contribution >= 4 is 46.6 Å². The summed E-state index contributed by atoms with van der Waals surface area (Å²) in [4.78, 5) is 9.61. The quantitative estimate of drug-likeness (QED) is 0.762. The molecule has 4 N–H and O–H groups in total. The summed E-state index contributed by atoms with van der Waals surface area (Å²) >= 11 is 13.6. The fourth-order valence-corrected chi connectivity index (χ4v) is 3.67. The number of hydrogen-bond acceptors (Lipinski definition) is 6. The highest BCUT2D eigenvalue weighted by Gasteiger charge is 2.15. The van der Waals surface area contributed by atoms with Crippen LogP contribution in [0, 0.1) is 0 Å². The molecule has 0 spiro atoms. The normalized spacial score (nSPS) is 15.6. The molecule has 5 nitrogen and oxygen atoms in total. The minimum atomic E-state index is 0.380. The summed E-state index contributed by atoms with van der Waals surface area (Å²) in [5, 5.41) is 8.33. The zero-order chi connectivity index (χ0) is 16.2. The maximum atomic E-state index is 6.20. The molecule has 1 saturated heterocycles. The smallest absolute Gasteiger partial charge is 0.158 e. The first-order valence-electron chi connectivity index (χ1n) is 7.35. The number of nitrogen functional groups attached to an aromatic ring is 1. The lowest BCUT2D eigenvalue weighted by molar-refractivity contribution is 0.478. The Morgan fingerprint density at radius 1 is 1.26 bits per heavy atom. The Bertz CT molecular complexity index is 692. The second-order valence-corrected chi connectivity index (χ2v) is 7.08. The van der Waals surface area contributed by atoms with Crippen LogP contribution in [0.2, 0.25) is 10.0 Å². The fourth-order valence-electron chi connectivity index (χ4n) is 2.38. The first kappa shape index (κ1) is 16.6. The van der Waals surface area contributed by atoms with E-state index in [1.807, 2.05) is 12.1 Å². The first-order valence-corrected chi connectivity index (χ1v) is 8.92. The van der Waals surface area contributed by atoms with E-state index < -0.39 is 0 Å². The molecule has 3 rings (SSSR count). The average Bonchev–Trinajstić information content (AvgIpc) is 2.55. The maximum absolute atomic E-state index is 6.20. The summed E-state index contributed by atoms with van der Waals surface area (Å²) in [6.45, 7) is 2.03. The molecule has 8 heteroatoms. The van der Waals surface area contributed by atoms with Crippen molar-refractivity contribution in [3.05, 3.63) is 34.4 Å². The molecule has 0 bridgehead atoms. The van der Waals surface area contributed by atoms with Crippen molar-refractivity contribution in [2.45, 2.75) is 28.8 Å². The van der Waals surface area contributed by atoms with Crippen LogP contribution in [-0.4, -0.2) is 29.1 Å². The molecule has 2 heterocycles. The molecule has 2 aromatic rings. The van der Waals surface area contributed by atoms with Crippen molar-refractivity contribution in [2.75, 3.05) is 24.1 Å². The van der Waals surface area contributed by atoms with Crippen molar-refractivity contribution in [2.24, 2.45) is 0 Å². The molecule has 1 aromatic carbocycles. The van der Waals surface area contributed by atoms with Gasteiger partial charge in [-0.25, -0.2) is 9.97 Å². The number of rotatable bonds is 4. The van der Waals surface area contributed by atoms with E-state index in [0.717, 1.165) is 30.8 Å². The number of benzene rings is 1. The second kappa shape index (κ2) is 7.57. The van der Waals surface area contributed by atoms with Gasteiger partial charge >= 0.3 is 0 Å². The molecule has 0 aliphatic carbocycles. The van der Waals surface area contributed by atoms with Gasteiger partial charge in [-0.2, -0.15) is 0 Å². The van der Waals surface area contributed by atoms with Crippen LogP contribution in [0.1, 0.15) is 12.8 Å². The van der Waals surface area contributed by atoms with Gasteiger partial charge in [-0.05, 0) is 38.1 Å². The van der Waals surface area contributed by atoms with Crippen LogP contribution in [0.3, 0.4) is 0 Å². The highest BCUT2D eigenvalue weighted by Crippen LogP contribution is 2.37. The number of nitrogens with one attached hydrogen (secondary N) is 2. The van der Waals surface area contributed by atoms with E-state index in [2.05, 4.69) is 20.6 Å². The highest BCUT2D eigenvalue weighted by atomic mass is 35.5. The molecule has 23 heavy (non-hydrogen) atoms. The number of halogens is 2. The number of nitrogens with two attached hydrogens (primary N) is 1. The van der Waals surface area contributed by atoms with Gasteiger partial charge in [0.15, 0.2) is 5.82 Å². The van der Waals surface area contributed by atoms with Gasteiger partial charge in [-0.3, -0.25) is 0 Å². The van der Waals surface area contributed by atoms with E-state index in [1.165, 1.54) is 11.8 Å². The van der Waals surface area contributed by atoms with Gasteiger partial charge in [0, 0.05) is 10.9 Å². The third-order valence-corrected chi connectivity index (χ3v) is 5.58. The van der Waals surface area contributed by atoms with Gasteiger partial charge in [0.2, 0.25) is 0 Å². The molecule has 0 amide bonds. The minimum absolute atomic E-state index is 0.380. The predicted octanol–water partition coefficient (Wildman–Crippen LogP) is 3.68. The maximum Gasteiger partial charge on any atom is 0.158 e. The SMILES string of the molecule is Nc1nc(NC2CCNCC2)cnc1Sc1cccc(Cl)c1Cl. The number of aromatic nitrogens is 2. The van der Waals surface area contributed by atoms with Crippen LogP contribution >= 0.6 is 35.0 Å². The van der Waals surface area contributed by atoms with Crippen molar-refractivity contribution in [3.8, 4) is 0 Å². The van der Waals surface area contributed by atoms with E-state index >= 15 is 0 Å². The zero-order valence-electron chi connectivity index (χ0n) is 12.4. The predicted molar refractivity (Wildman–Crippen MR) is 96.5 cm³/mol. The van der Waals surface area contributed by atoms with E-state index in [0.29, 0.717) is 32.7 Å². The highest BCUT2D eigenvalue weighted by molar-refractivity contribution is 7.99. The average molecular weight is 370 g/mol. The zero-order valence-corrected chi connectivity index (χ0v) is 14.7. The Morgan fingerprint density at radius 2 is 2.04 bits per heavy atom. The van der Waals surface area contributed by atoms with Gasteiger partial charge in [0.05, 0.1) is 16.2 Å². The van der Waals surface area contributed by atoms with E-state index in [-0.39, 0.29) is 0 Å². The minimum Gasteiger partial charge on any atom is -0.381 e. The Kier molecular flexibility index (Phi) is 5.48. The summed E-state index contributed by atoms with van der Waals surface area (Å²) < 4.78 is 0. The first-order chi connectivity index (χ1) is 11.1. The van der Waals surface area contributed by atoms with Crippen LogP contribution in [-0.2, 0) is 0 Å². The number of piperidine rings is 1. The topological polar surface area (TPSA) is 75.9 Å². The number of nitrogens with zero attached hydrogens (tertiary/aromatic N) is 2. The Morgan fingerprint density at radius 3 is 2.78 bits per heavy atom. The lowest BCUT2D eigenvalue weighted by Crippen LogP contribution is -2.35. The lowest BCUT2D eigenvalue weighted by Gasteiger charge is -2.24. The van der Waals surface area contributed by atoms with Crippen LogP contribution in [0.25, 0.3) is 0 Å². The molecule has 0 unspecified atom stereocenters. The van der Waals surface area contributed by atoms with Crippen molar-refractivity contribution in [1.29, 1.82) is 0 Å². The number of hydrogen-bond donors (Lipinski definition) is 3. The van der Waals surface area contributed by atoms with E-state index in [4.69, 9.17) is 28.9 Å². The third kappa shape index (κ3) is 4.20. The van der Waals surface area contributed by atoms with Crippen molar-refractivity contribution in [3.63, 3.8) is 0 Å². The monoisotopic (exact) mass is 369 g/mol. The number of anilines is 2. The van der Waals surface area contributed by atoms with Crippen LogP contribution in [0.5, 0.6) is 0 Å². The van der Waals surface area contributed by atoms with E-state index in [9.17, 15) is 0 Å². The van der Waals surface area contributed by atoms with Gasteiger partial charge in [-0.1, -0.05) is 41.0 Å². The Hall–Kier alpha value is -1.21. The molecule has 0 saturated carbocycles. The summed E-state index contributed by atoms with van der Waals surface area (Å²) in [7, 11) is 0. The molecule has 1 aromatic heterocycles. The third-order valence-electron chi connectivity index (χ3n) is 3.58. The van der Waals surface area contributed by atoms with Gasteiger partial charge in [-0.15, -0.1) is 0 Å². The molecule has 0 atom stereocenters. The van der Waals surface area contributed by atoms with Crippen LogP contribution < -0.4 is 16.4 Å². The summed E-state index contributed by atoms with van der Waals surface area (Å²) in [6.07, 6.45) is 3.84. The molecular weight excluding hydrogens is 353 g/mol. The standard InChI is InChI=1S/C15H17Cl2N5S/c16-10-2-1-3-11(13(10)17)23-15-14(18)22-12(8-20-15)21-9-4-6-19-7-5-9/h1-3,8-9,19H,4-7H2,(H3,18,21,22). The molecular formula is C15H17Cl2N5S. The van der Waals surface area contributed by atoms with Crippen LogP contribution in [0.4, 0.5) is 11.6 Å². The Labute approximate surface area is 149 Å². The molecule has 122 valence electrons. The molecule has 0 radical (unpaired) electrons. The Balaban J connectivity index is 1.72. The van der Waals surface area contributed by atoms with Crippen molar-refractivity contribution < 1.29 is 0 Å². The van der Waals surface area contributed by atoms with Gasteiger partial charge in [0.1, 0.15) is 10.8 Å². The molecule has 1 aliphatic rings. The van der Waals surface area contributed by atoms with Crippen LogP contribution in [0.15, 0.2) is 34.3 Å². The summed E-state index contributed by atoms with van der Waals surface area (Å²) in [6, 6.07) is 5.87. The molecule has 1 fully saturated rings. The van der Waals surface area contributed by atoms with E-state index in [1.54, 1.807) is 12.3 Å². The fraction of sp³-hybridized carbons (Fsp3) is 0.333. The second-order valence-electron chi connectivity index (χ2n) is 5.27. The molecule has 1 aliphatic heterocycles. The summed E-state index contributed by atoms with van der Waals surface area (Å²) in [5.41, 5.74) is 6.04. The van der Waals surface area contributed by atoms with Gasteiger partial charge < -0.3 is 16.4 Å². The lowest BCUT2D eigenvalue weighted by atomic mass is 10.1. The van der Waals surface area contributed by atoms with Gasteiger partial charge in [0.25, 0.3) is 0 Å².